The first-order valence-corrected chi connectivity index (χ1v) is 7.92. The number of thiocarbonyl (C=S) groups is 1. The van der Waals surface area contributed by atoms with E-state index in [4.69, 9.17) is 17.0 Å². The first-order chi connectivity index (χ1) is 10.4. The molecule has 1 aromatic rings. The highest BCUT2D eigenvalue weighted by Crippen LogP contribution is 2.33. The maximum Gasteiger partial charge on any atom is 0.285 e. The van der Waals surface area contributed by atoms with E-state index in [1.165, 1.54) is 6.92 Å². The van der Waals surface area contributed by atoms with Crippen LogP contribution >= 0.6 is 24.0 Å². The molecule has 1 heterocycles. The molecule has 1 aliphatic heterocycles. The minimum absolute atomic E-state index is 0.0310. The third-order valence-corrected chi connectivity index (χ3v) is 3.93. The fourth-order valence-electron chi connectivity index (χ4n) is 1.82. The highest BCUT2D eigenvalue weighted by Gasteiger charge is 2.33. The number of amides is 2. The molecule has 1 saturated heterocycles. The number of rotatable bonds is 4. The molecule has 1 aromatic carbocycles. The number of hydrogen-bond donors (Lipinski definition) is 1. The summed E-state index contributed by atoms with van der Waals surface area (Å²) in [6.45, 7) is 5.20. The topological polar surface area (TPSA) is 58.6 Å². The standard InChI is InChI=1S/C15H16N2O3S2/c1-9(2)20-12-7-5-4-6-11(12)8-13-14(19)17(15(21)22-13)16-10(3)18/h4-9H,1-3H3,(H,16,18). The Balaban J connectivity index is 2.29. The first kappa shape index (κ1) is 16.5. The summed E-state index contributed by atoms with van der Waals surface area (Å²) in [4.78, 5) is 23.8. The van der Waals surface area contributed by atoms with Crippen molar-refractivity contribution in [1.29, 1.82) is 0 Å². The predicted octanol–water partition coefficient (Wildman–Crippen LogP) is 2.73. The van der Waals surface area contributed by atoms with Crippen LogP contribution in [-0.4, -0.2) is 27.2 Å². The quantitative estimate of drug-likeness (QED) is 0.677. The van der Waals surface area contributed by atoms with Crippen LogP contribution in [-0.2, 0) is 9.59 Å². The van der Waals surface area contributed by atoms with Crippen LogP contribution in [0.15, 0.2) is 29.2 Å². The van der Waals surface area contributed by atoms with Crippen molar-refractivity contribution in [2.24, 2.45) is 0 Å². The number of para-hydroxylation sites is 1. The number of carbonyl (C=O) groups is 2. The average Bonchev–Trinajstić information content (AvgIpc) is 2.68. The Morgan fingerprint density at radius 2 is 2.09 bits per heavy atom. The molecule has 1 N–H and O–H groups in total. The number of thioether (sulfide) groups is 1. The van der Waals surface area contributed by atoms with Crippen LogP contribution in [0, 0.1) is 0 Å². The second-order valence-electron chi connectivity index (χ2n) is 4.89. The van der Waals surface area contributed by atoms with Crippen LogP contribution in [0.25, 0.3) is 6.08 Å². The van der Waals surface area contributed by atoms with Crippen LogP contribution in [0.1, 0.15) is 26.3 Å². The lowest BCUT2D eigenvalue weighted by Crippen LogP contribution is -2.43. The van der Waals surface area contributed by atoms with Gasteiger partial charge in [0.1, 0.15) is 5.75 Å². The van der Waals surface area contributed by atoms with Crippen LogP contribution in [0.2, 0.25) is 0 Å². The van der Waals surface area contributed by atoms with Gasteiger partial charge >= 0.3 is 0 Å². The Morgan fingerprint density at radius 3 is 2.73 bits per heavy atom. The third kappa shape index (κ3) is 3.86. The molecule has 0 radical (unpaired) electrons. The lowest BCUT2D eigenvalue weighted by Gasteiger charge is -2.14. The van der Waals surface area contributed by atoms with Gasteiger partial charge in [0.05, 0.1) is 11.0 Å². The largest absolute Gasteiger partial charge is 0.490 e. The van der Waals surface area contributed by atoms with E-state index in [0.29, 0.717) is 15.0 Å². The van der Waals surface area contributed by atoms with Crippen LogP contribution in [0.4, 0.5) is 0 Å². The van der Waals surface area contributed by atoms with E-state index in [-0.39, 0.29) is 17.9 Å². The molecule has 5 nitrogen and oxygen atoms in total. The van der Waals surface area contributed by atoms with Gasteiger partial charge in [0, 0.05) is 12.5 Å². The molecule has 22 heavy (non-hydrogen) atoms. The second-order valence-corrected chi connectivity index (χ2v) is 6.57. The van der Waals surface area contributed by atoms with Crippen LogP contribution in [0.5, 0.6) is 5.75 Å². The summed E-state index contributed by atoms with van der Waals surface area (Å²) >= 11 is 6.26. The molecule has 1 aliphatic rings. The zero-order chi connectivity index (χ0) is 16.3. The van der Waals surface area contributed by atoms with E-state index >= 15 is 0 Å². The maximum atomic E-state index is 12.3. The summed E-state index contributed by atoms with van der Waals surface area (Å²) in [7, 11) is 0. The zero-order valence-electron chi connectivity index (χ0n) is 12.5. The molecule has 116 valence electrons. The lowest BCUT2D eigenvalue weighted by molar-refractivity contribution is -0.131. The summed E-state index contributed by atoms with van der Waals surface area (Å²) < 4.78 is 6.03. The van der Waals surface area contributed by atoms with Crippen molar-refractivity contribution in [1.82, 2.24) is 10.4 Å². The number of carbonyl (C=O) groups excluding carboxylic acids is 2. The van der Waals surface area contributed by atoms with Gasteiger partial charge in [-0.1, -0.05) is 30.0 Å². The van der Waals surface area contributed by atoms with Crippen molar-refractivity contribution >= 4 is 46.2 Å². The van der Waals surface area contributed by atoms with Gasteiger partial charge < -0.3 is 4.74 Å². The molecule has 1 fully saturated rings. The molecular formula is C15H16N2O3S2. The highest BCUT2D eigenvalue weighted by molar-refractivity contribution is 8.26. The molecule has 7 heteroatoms. The fraction of sp³-hybridized carbons (Fsp3) is 0.267. The lowest BCUT2D eigenvalue weighted by atomic mass is 10.2. The van der Waals surface area contributed by atoms with Gasteiger partial charge in [-0.3, -0.25) is 15.0 Å². The summed E-state index contributed by atoms with van der Waals surface area (Å²) in [5, 5.41) is 1.08. The molecular weight excluding hydrogens is 320 g/mol. The van der Waals surface area contributed by atoms with Gasteiger partial charge in [-0.25, -0.2) is 0 Å². The smallest absolute Gasteiger partial charge is 0.285 e. The molecule has 0 unspecified atom stereocenters. The Hall–Kier alpha value is -1.86. The number of hydrogen-bond acceptors (Lipinski definition) is 5. The molecule has 0 spiro atoms. The van der Waals surface area contributed by atoms with Crippen molar-refractivity contribution in [3.8, 4) is 5.75 Å². The third-order valence-electron chi connectivity index (χ3n) is 2.63. The van der Waals surface area contributed by atoms with Crippen molar-refractivity contribution in [3.63, 3.8) is 0 Å². The van der Waals surface area contributed by atoms with E-state index in [0.717, 1.165) is 22.3 Å². The monoisotopic (exact) mass is 336 g/mol. The minimum Gasteiger partial charge on any atom is -0.490 e. The first-order valence-electron chi connectivity index (χ1n) is 6.69. The summed E-state index contributed by atoms with van der Waals surface area (Å²) in [6, 6.07) is 7.45. The van der Waals surface area contributed by atoms with Crippen molar-refractivity contribution in [2.45, 2.75) is 26.9 Å². The Bertz CT molecular complexity index is 656. The van der Waals surface area contributed by atoms with Crippen LogP contribution < -0.4 is 10.2 Å². The van der Waals surface area contributed by atoms with E-state index in [9.17, 15) is 9.59 Å². The van der Waals surface area contributed by atoms with E-state index < -0.39 is 0 Å². The van der Waals surface area contributed by atoms with Crippen molar-refractivity contribution in [3.05, 3.63) is 34.7 Å². The zero-order valence-corrected chi connectivity index (χ0v) is 14.1. The molecule has 2 amide bonds. The molecule has 0 aliphatic carbocycles. The number of benzene rings is 1. The normalized spacial score (nSPS) is 16.5. The van der Waals surface area contributed by atoms with Gasteiger partial charge in [0.15, 0.2) is 4.32 Å². The maximum absolute atomic E-state index is 12.3. The van der Waals surface area contributed by atoms with Crippen LogP contribution in [0.3, 0.4) is 0 Å². The average molecular weight is 336 g/mol. The van der Waals surface area contributed by atoms with Gasteiger partial charge in [0.25, 0.3) is 5.91 Å². The van der Waals surface area contributed by atoms with E-state index in [1.54, 1.807) is 6.08 Å². The molecule has 0 bridgehead atoms. The van der Waals surface area contributed by atoms with Crippen molar-refractivity contribution in [2.75, 3.05) is 0 Å². The molecule has 0 aromatic heterocycles. The van der Waals surface area contributed by atoms with Gasteiger partial charge in [0.2, 0.25) is 5.91 Å². The number of ether oxygens (including phenoxy) is 1. The second kappa shape index (κ2) is 6.93. The van der Waals surface area contributed by atoms with E-state index in [2.05, 4.69) is 5.43 Å². The van der Waals surface area contributed by atoms with Gasteiger partial charge in [-0.15, -0.1) is 0 Å². The van der Waals surface area contributed by atoms with Gasteiger partial charge in [-0.05, 0) is 38.2 Å². The molecule has 0 atom stereocenters. The fourth-order valence-corrected chi connectivity index (χ4v) is 2.99. The molecule has 2 rings (SSSR count). The number of hydrazine groups is 1. The summed E-state index contributed by atoms with van der Waals surface area (Å²) in [5.41, 5.74) is 3.21. The minimum atomic E-state index is -0.346. The molecule has 0 saturated carbocycles. The Kier molecular flexibility index (Phi) is 5.20. The summed E-state index contributed by atoms with van der Waals surface area (Å²) in [5.74, 6) is 0.00735. The van der Waals surface area contributed by atoms with Gasteiger partial charge in [-0.2, -0.15) is 5.01 Å². The van der Waals surface area contributed by atoms with E-state index in [1.807, 2.05) is 38.1 Å². The Labute approximate surface area is 138 Å². The SMILES string of the molecule is CC(=O)NN1C(=O)C(=Cc2ccccc2OC(C)C)SC1=S. The summed E-state index contributed by atoms with van der Waals surface area (Å²) in [6.07, 6.45) is 1.75. The highest BCUT2D eigenvalue weighted by atomic mass is 32.2. The van der Waals surface area contributed by atoms with Crippen molar-refractivity contribution < 1.29 is 14.3 Å². The Morgan fingerprint density at radius 1 is 1.41 bits per heavy atom. The number of nitrogens with one attached hydrogen (secondary N) is 1. The number of nitrogens with zero attached hydrogens (tertiary/aromatic N) is 1. The predicted molar refractivity (Wildman–Crippen MR) is 91.0 cm³/mol.